The van der Waals surface area contributed by atoms with Gasteiger partial charge in [-0.15, -0.1) is 11.3 Å². The van der Waals surface area contributed by atoms with Crippen molar-refractivity contribution in [3.63, 3.8) is 0 Å². The second kappa shape index (κ2) is 6.04. The van der Waals surface area contributed by atoms with Crippen molar-refractivity contribution in [2.24, 2.45) is 0 Å². The average Bonchev–Trinajstić information content (AvgIpc) is 2.82. The van der Waals surface area contributed by atoms with Gasteiger partial charge in [-0.25, -0.2) is 4.79 Å². The summed E-state index contributed by atoms with van der Waals surface area (Å²) in [5.41, 5.74) is 2.37. The molecule has 2 nitrogen and oxygen atoms in total. The molecule has 2 rings (SSSR count). The van der Waals surface area contributed by atoms with Crippen molar-refractivity contribution in [2.45, 2.75) is 13.3 Å². The first-order valence-electron chi connectivity index (χ1n) is 5.90. The van der Waals surface area contributed by atoms with Crippen LogP contribution in [0.4, 0.5) is 0 Å². The van der Waals surface area contributed by atoms with Crippen LogP contribution >= 0.6 is 22.9 Å². The van der Waals surface area contributed by atoms with Gasteiger partial charge in [0.2, 0.25) is 0 Å². The summed E-state index contributed by atoms with van der Waals surface area (Å²) >= 11 is 7.12. The van der Waals surface area contributed by atoms with E-state index < -0.39 is 5.97 Å². The van der Waals surface area contributed by atoms with Crippen molar-refractivity contribution in [3.05, 3.63) is 56.7 Å². The number of hydrogen-bond donors (Lipinski definition) is 1. The third kappa shape index (κ3) is 3.46. The first kappa shape index (κ1) is 13.8. The summed E-state index contributed by atoms with van der Waals surface area (Å²) in [5, 5.41) is 9.29. The molecule has 1 N–H and O–H groups in total. The van der Waals surface area contributed by atoms with Crippen LogP contribution in [0.25, 0.3) is 11.6 Å². The van der Waals surface area contributed by atoms with E-state index in [-0.39, 0.29) is 5.57 Å². The van der Waals surface area contributed by atoms with Crippen LogP contribution in [0.15, 0.2) is 36.4 Å². The Hall–Kier alpha value is -1.58. The largest absolute Gasteiger partial charge is 0.478 e. The molecule has 4 heteroatoms. The minimum Gasteiger partial charge on any atom is -0.478 e. The van der Waals surface area contributed by atoms with E-state index in [0.29, 0.717) is 9.21 Å². The Morgan fingerprint density at radius 1 is 1.26 bits per heavy atom. The van der Waals surface area contributed by atoms with Gasteiger partial charge in [-0.1, -0.05) is 42.8 Å². The molecule has 0 aliphatic heterocycles. The van der Waals surface area contributed by atoms with Gasteiger partial charge in [0.25, 0.3) is 0 Å². The van der Waals surface area contributed by atoms with Gasteiger partial charge in [-0.3, -0.25) is 0 Å². The van der Waals surface area contributed by atoms with E-state index in [1.54, 1.807) is 18.2 Å². The van der Waals surface area contributed by atoms with Crippen molar-refractivity contribution >= 4 is 40.6 Å². The van der Waals surface area contributed by atoms with Crippen LogP contribution in [0.1, 0.15) is 22.9 Å². The van der Waals surface area contributed by atoms with Crippen LogP contribution in [0.5, 0.6) is 0 Å². The van der Waals surface area contributed by atoms with Crippen LogP contribution in [0.3, 0.4) is 0 Å². The van der Waals surface area contributed by atoms with Crippen LogP contribution in [-0.2, 0) is 11.2 Å². The van der Waals surface area contributed by atoms with Gasteiger partial charge in [0.05, 0.1) is 9.91 Å². The summed E-state index contributed by atoms with van der Waals surface area (Å²) in [5.74, 6) is -0.946. The molecular weight excluding hydrogens is 280 g/mol. The number of aliphatic carboxylic acids is 1. The molecule has 0 saturated heterocycles. The Balaban J connectivity index is 2.37. The molecule has 0 saturated carbocycles. The SMILES string of the molecule is CCc1ccc(/C=C(\C(=O)O)c2ccc(Cl)s2)cc1. The topological polar surface area (TPSA) is 37.3 Å². The van der Waals surface area contributed by atoms with E-state index in [1.165, 1.54) is 16.9 Å². The zero-order chi connectivity index (χ0) is 13.8. The normalized spacial score (nSPS) is 11.6. The fourth-order valence-corrected chi connectivity index (χ4v) is 2.76. The highest BCUT2D eigenvalue weighted by Gasteiger charge is 2.12. The Morgan fingerprint density at radius 2 is 1.95 bits per heavy atom. The third-order valence-electron chi connectivity index (χ3n) is 2.77. The number of carboxylic acids is 1. The molecule has 1 heterocycles. The zero-order valence-electron chi connectivity index (χ0n) is 10.4. The second-order valence-electron chi connectivity index (χ2n) is 4.06. The molecule has 0 bridgehead atoms. The predicted molar refractivity (Wildman–Crippen MR) is 80.7 cm³/mol. The number of hydrogen-bond acceptors (Lipinski definition) is 2. The van der Waals surface area contributed by atoms with Gasteiger partial charge in [0, 0.05) is 4.88 Å². The molecule has 0 amide bonds. The van der Waals surface area contributed by atoms with Gasteiger partial charge in [0.1, 0.15) is 0 Å². The fourth-order valence-electron chi connectivity index (χ4n) is 1.71. The van der Waals surface area contributed by atoms with Crippen LogP contribution in [-0.4, -0.2) is 11.1 Å². The van der Waals surface area contributed by atoms with E-state index in [1.807, 2.05) is 24.3 Å². The van der Waals surface area contributed by atoms with Gasteiger partial charge in [-0.2, -0.15) is 0 Å². The molecule has 1 aromatic carbocycles. The number of aryl methyl sites for hydroxylation is 1. The molecule has 0 radical (unpaired) electrons. The molecule has 98 valence electrons. The molecule has 0 aliphatic carbocycles. The quantitative estimate of drug-likeness (QED) is 0.837. The summed E-state index contributed by atoms with van der Waals surface area (Å²) < 4.78 is 0.587. The number of rotatable bonds is 4. The van der Waals surface area contributed by atoms with Gasteiger partial charge in [-0.05, 0) is 35.8 Å². The lowest BCUT2D eigenvalue weighted by Crippen LogP contribution is -1.97. The summed E-state index contributed by atoms with van der Waals surface area (Å²) in [7, 11) is 0. The maximum Gasteiger partial charge on any atom is 0.337 e. The maximum absolute atomic E-state index is 11.3. The molecule has 0 fully saturated rings. The number of carbonyl (C=O) groups is 1. The standard InChI is InChI=1S/C15H13ClO2S/c1-2-10-3-5-11(6-4-10)9-12(15(17)18)13-7-8-14(16)19-13/h3-9H,2H2,1H3,(H,17,18)/b12-9-. The highest BCUT2D eigenvalue weighted by molar-refractivity contribution is 7.17. The Kier molecular flexibility index (Phi) is 4.40. The summed E-state index contributed by atoms with van der Waals surface area (Å²) in [6.45, 7) is 2.08. The Bertz CT molecular complexity index is 611. The van der Waals surface area contributed by atoms with E-state index in [0.717, 1.165) is 12.0 Å². The lowest BCUT2D eigenvalue weighted by atomic mass is 10.1. The Morgan fingerprint density at radius 3 is 2.42 bits per heavy atom. The smallest absolute Gasteiger partial charge is 0.337 e. The average molecular weight is 293 g/mol. The lowest BCUT2D eigenvalue weighted by molar-refractivity contribution is -0.130. The maximum atomic E-state index is 11.3. The fraction of sp³-hybridized carbons (Fsp3) is 0.133. The summed E-state index contributed by atoms with van der Waals surface area (Å²) in [4.78, 5) is 12.0. The van der Waals surface area contributed by atoms with Crippen LogP contribution in [0, 0.1) is 0 Å². The first-order chi connectivity index (χ1) is 9.10. The van der Waals surface area contributed by atoms with Crippen molar-refractivity contribution in [3.8, 4) is 0 Å². The molecule has 0 unspecified atom stereocenters. The molecule has 0 aliphatic rings. The van der Waals surface area contributed by atoms with E-state index in [9.17, 15) is 9.90 Å². The van der Waals surface area contributed by atoms with Crippen molar-refractivity contribution in [1.82, 2.24) is 0 Å². The highest BCUT2D eigenvalue weighted by atomic mass is 35.5. The van der Waals surface area contributed by atoms with Crippen molar-refractivity contribution in [1.29, 1.82) is 0 Å². The van der Waals surface area contributed by atoms with Crippen molar-refractivity contribution < 1.29 is 9.90 Å². The number of carboxylic acid groups (broad SMARTS) is 1. The Labute approximate surface area is 121 Å². The molecule has 1 aromatic heterocycles. The van der Waals surface area contributed by atoms with Crippen LogP contribution < -0.4 is 0 Å². The number of benzene rings is 1. The first-order valence-corrected chi connectivity index (χ1v) is 7.09. The molecule has 2 aromatic rings. The van der Waals surface area contributed by atoms with Crippen molar-refractivity contribution in [2.75, 3.05) is 0 Å². The monoisotopic (exact) mass is 292 g/mol. The van der Waals surface area contributed by atoms with Gasteiger partial charge in [0.15, 0.2) is 0 Å². The number of thiophene rings is 1. The third-order valence-corrected chi connectivity index (χ3v) is 4.03. The van der Waals surface area contributed by atoms with E-state index >= 15 is 0 Å². The summed E-state index contributed by atoms with van der Waals surface area (Å²) in [6, 6.07) is 11.3. The predicted octanol–water partition coefficient (Wildman–Crippen LogP) is 4.59. The lowest BCUT2D eigenvalue weighted by Gasteiger charge is -2.01. The van der Waals surface area contributed by atoms with Gasteiger partial charge >= 0.3 is 5.97 Å². The minimum atomic E-state index is -0.946. The van der Waals surface area contributed by atoms with E-state index in [2.05, 4.69) is 6.92 Å². The minimum absolute atomic E-state index is 0.265. The summed E-state index contributed by atoms with van der Waals surface area (Å²) in [6.07, 6.45) is 2.64. The number of halogens is 1. The van der Waals surface area contributed by atoms with E-state index in [4.69, 9.17) is 11.6 Å². The second-order valence-corrected chi connectivity index (χ2v) is 5.78. The molecule has 0 spiro atoms. The van der Waals surface area contributed by atoms with Gasteiger partial charge < -0.3 is 5.11 Å². The highest BCUT2D eigenvalue weighted by Crippen LogP contribution is 2.29. The zero-order valence-corrected chi connectivity index (χ0v) is 12.0. The molecular formula is C15H13ClO2S. The van der Waals surface area contributed by atoms with Crippen LogP contribution in [0.2, 0.25) is 4.34 Å². The molecule has 0 atom stereocenters. The molecule has 19 heavy (non-hydrogen) atoms.